The van der Waals surface area contributed by atoms with Crippen molar-refractivity contribution in [2.24, 2.45) is 5.10 Å². The molecule has 0 saturated heterocycles. The molecule has 7 nitrogen and oxygen atoms in total. The van der Waals surface area contributed by atoms with E-state index in [-0.39, 0.29) is 5.95 Å². The van der Waals surface area contributed by atoms with Crippen LogP contribution in [0.5, 0.6) is 0 Å². The summed E-state index contributed by atoms with van der Waals surface area (Å²) >= 11 is 0. The highest BCUT2D eigenvalue weighted by Gasteiger charge is 2.17. The second-order valence-corrected chi connectivity index (χ2v) is 6.07. The van der Waals surface area contributed by atoms with Gasteiger partial charge < -0.3 is 4.74 Å². The maximum atomic E-state index is 11.8. The van der Waals surface area contributed by atoms with Crippen molar-refractivity contribution >= 4 is 23.4 Å². The first-order valence-corrected chi connectivity index (χ1v) is 7.52. The van der Waals surface area contributed by atoms with E-state index in [4.69, 9.17) is 4.74 Å². The molecular weight excluding hydrogens is 306 g/mol. The molecule has 1 amide bonds. The Hall–Kier alpha value is -2.96. The molecule has 0 atom stereocenters. The number of hydrogen-bond acceptors (Lipinski definition) is 6. The lowest BCUT2D eigenvalue weighted by Crippen LogP contribution is -2.28. The number of aromatic nitrogens is 2. The molecule has 24 heavy (non-hydrogen) atoms. The van der Waals surface area contributed by atoms with Gasteiger partial charge in [0.05, 0.1) is 17.1 Å². The Morgan fingerprint density at radius 1 is 1.17 bits per heavy atom. The van der Waals surface area contributed by atoms with Gasteiger partial charge in [-0.1, -0.05) is 18.2 Å². The lowest BCUT2D eigenvalue weighted by Gasteiger charge is -2.19. The van der Waals surface area contributed by atoms with E-state index in [0.717, 1.165) is 5.69 Å². The zero-order valence-corrected chi connectivity index (χ0v) is 14.2. The number of carbonyl (C=O) groups excluding carboxylic acids is 1. The fourth-order valence-electron chi connectivity index (χ4n) is 1.73. The van der Waals surface area contributed by atoms with Crippen molar-refractivity contribution < 1.29 is 9.53 Å². The van der Waals surface area contributed by atoms with Crippen molar-refractivity contribution in [3.63, 3.8) is 0 Å². The van der Waals surface area contributed by atoms with Gasteiger partial charge in [-0.15, -0.1) is 0 Å². The number of hydrazone groups is 1. The third-order valence-corrected chi connectivity index (χ3v) is 2.77. The summed E-state index contributed by atoms with van der Waals surface area (Å²) in [6.07, 6.45) is 0.952. The van der Waals surface area contributed by atoms with Crippen LogP contribution < -0.4 is 10.7 Å². The van der Waals surface area contributed by atoms with Crippen LogP contribution in [-0.2, 0) is 4.74 Å². The van der Waals surface area contributed by atoms with Gasteiger partial charge >= 0.3 is 6.09 Å². The predicted molar refractivity (Wildman–Crippen MR) is 94.2 cm³/mol. The third-order valence-electron chi connectivity index (χ3n) is 2.77. The number of nitrogens with one attached hydrogen (secondary N) is 2. The Bertz CT molecular complexity index is 723. The zero-order chi connectivity index (χ0) is 17.6. The molecule has 2 aromatic rings. The van der Waals surface area contributed by atoms with E-state index in [1.807, 2.05) is 37.3 Å². The van der Waals surface area contributed by atoms with Gasteiger partial charge in [0.2, 0.25) is 5.95 Å². The molecule has 0 fully saturated rings. The van der Waals surface area contributed by atoms with Crippen LogP contribution in [0.2, 0.25) is 0 Å². The quantitative estimate of drug-likeness (QED) is 0.661. The number of anilines is 2. The Morgan fingerprint density at radius 3 is 2.54 bits per heavy atom. The van der Waals surface area contributed by atoms with E-state index in [1.165, 1.54) is 0 Å². The highest BCUT2D eigenvalue weighted by Crippen LogP contribution is 2.10. The van der Waals surface area contributed by atoms with Crippen LogP contribution in [0.15, 0.2) is 47.7 Å². The van der Waals surface area contributed by atoms with Crippen LogP contribution in [0.1, 0.15) is 33.4 Å². The average Bonchev–Trinajstić information content (AvgIpc) is 2.52. The standard InChI is InChI=1S/C17H21N5O2/c1-12(21-22-13-8-6-5-7-9-13)14-10-11-18-15(19-14)20-16(23)24-17(2,3)4/h5-11,22H,1-4H3,(H,18,19,20,23)/b21-12+. The number of rotatable bonds is 4. The van der Waals surface area contributed by atoms with E-state index in [1.54, 1.807) is 33.0 Å². The fourth-order valence-corrected chi connectivity index (χ4v) is 1.73. The van der Waals surface area contributed by atoms with Gasteiger partial charge in [-0.2, -0.15) is 5.10 Å². The monoisotopic (exact) mass is 327 g/mol. The highest BCUT2D eigenvalue weighted by atomic mass is 16.6. The smallest absolute Gasteiger partial charge is 0.414 e. The number of ether oxygens (including phenoxy) is 1. The minimum Gasteiger partial charge on any atom is -0.444 e. The van der Waals surface area contributed by atoms with Crippen molar-refractivity contribution in [1.29, 1.82) is 0 Å². The van der Waals surface area contributed by atoms with E-state index in [0.29, 0.717) is 11.4 Å². The number of amides is 1. The maximum Gasteiger partial charge on any atom is 0.414 e. The number of nitrogens with zero attached hydrogens (tertiary/aromatic N) is 3. The molecule has 0 spiro atoms. The zero-order valence-electron chi connectivity index (χ0n) is 14.2. The minimum absolute atomic E-state index is 0.163. The van der Waals surface area contributed by atoms with Crippen molar-refractivity contribution in [2.45, 2.75) is 33.3 Å². The Morgan fingerprint density at radius 2 is 1.88 bits per heavy atom. The van der Waals surface area contributed by atoms with E-state index < -0.39 is 11.7 Å². The summed E-state index contributed by atoms with van der Waals surface area (Å²) in [4.78, 5) is 20.0. The van der Waals surface area contributed by atoms with Gasteiger partial charge in [0, 0.05) is 6.20 Å². The fraction of sp³-hybridized carbons (Fsp3) is 0.294. The predicted octanol–water partition coefficient (Wildman–Crippen LogP) is 3.66. The van der Waals surface area contributed by atoms with Gasteiger partial charge in [-0.3, -0.25) is 10.7 Å². The van der Waals surface area contributed by atoms with Crippen LogP contribution in [-0.4, -0.2) is 27.4 Å². The lowest BCUT2D eigenvalue weighted by atomic mass is 10.2. The van der Waals surface area contributed by atoms with Gasteiger partial charge in [0.1, 0.15) is 5.60 Å². The molecule has 7 heteroatoms. The SMILES string of the molecule is C/C(=N\Nc1ccccc1)c1ccnc(NC(=O)OC(C)(C)C)n1. The molecule has 1 heterocycles. The normalized spacial score (nSPS) is 11.8. The van der Waals surface area contributed by atoms with Crippen molar-refractivity contribution in [3.8, 4) is 0 Å². The maximum absolute atomic E-state index is 11.8. The Balaban J connectivity index is 2.05. The number of hydrogen-bond donors (Lipinski definition) is 2. The van der Waals surface area contributed by atoms with E-state index in [2.05, 4.69) is 25.8 Å². The van der Waals surface area contributed by atoms with Crippen molar-refractivity contribution in [1.82, 2.24) is 9.97 Å². The molecule has 2 N–H and O–H groups in total. The van der Waals surface area contributed by atoms with Crippen LogP contribution in [0.25, 0.3) is 0 Å². The first-order valence-electron chi connectivity index (χ1n) is 7.52. The van der Waals surface area contributed by atoms with Gasteiger partial charge in [0.25, 0.3) is 0 Å². The van der Waals surface area contributed by atoms with Crippen molar-refractivity contribution in [2.75, 3.05) is 10.7 Å². The van der Waals surface area contributed by atoms with E-state index >= 15 is 0 Å². The summed E-state index contributed by atoms with van der Waals surface area (Å²) in [7, 11) is 0. The van der Waals surface area contributed by atoms with Gasteiger partial charge in [0.15, 0.2) is 0 Å². The topological polar surface area (TPSA) is 88.5 Å². The molecule has 0 radical (unpaired) electrons. The van der Waals surface area contributed by atoms with E-state index in [9.17, 15) is 4.79 Å². The number of benzene rings is 1. The Labute approximate surface area is 141 Å². The summed E-state index contributed by atoms with van der Waals surface area (Å²) in [5, 5.41) is 6.79. The van der Waals surface area contributed by atoms with Gasteiger partial charge in [-0.25, -0.2) is 14.8 Å². The molecule has 0 saturated carbocycles. The summed E-state index contributed by atoms with van der Waals surface area (Å²) in [6.45, 7) is 7.18. The second kappa shape index (κ2) is 7.54. The molecule has 126 valence electrons. The molecule has 0 aliphatic rings. The van der Waals surface area contributed by atoms with Crippen LogP contribution in [0.4, 0.5) is 16.4 Å². The highest BCUT2D eigenvalue weighted by molar-refractivity contribution is 5.97. The summed E-state index contributed by atoms with van der Waals surface area (Å²) in [6, 6.07) is 11.3. The molecule has 0 bridgehead atoms. The summed E-state index contributed by atoms with van der Waals surface area (Å²) in [5.74, 6) is 0.163. The van der Waals surface area contributed by atoms with Crippen molar-refractivity contribution in [3.05, 3.63) is 48.3 Å². The second-order valence-electron chi connectivity index (χ2n) is 6.07. The van der Waals surface area contributed by atoms with Crippen LogP contribution >= 0.6 is 0 Å². The summed E-state index contributed by atoms with van der Waals surface area (Å²) < 4.78 is 5.17. The number of carbonyl (C=O) groups is 1. The lowest BCUT2D eigenvalue weighted by molar-refractivity contribution is 0.0634. The average molecular weight is 327 g/mol. The molecular formula is C17H21N5O2. The summed E-state index contributed by atoms with van der Waals surface area (Å²) in [5.41, 5.74) is 4.50. The molecule has 2 rings (SSSR count). The first kappa shape index (κ1) is 17.4. The molecule has 1 aromatic carbocycles. The largest absolute Gasteiger partial charge is 0.444 e. The molecule has 0 aliphatic carbocycles. The van der Waals surface area contributed by atoms with Crippen LogP contribution in [0.3, 0.4) is 0 Å². The minimum atomic E-state index is -0.600. The first-order chi connectivity index (χ1) is 11.3. The Kier molecular flexibility index (Phi) is 5.47. The molecule has 0 unspecified atom stereocenters. The third kappa shape index (κ3) is 5.68. The van der Waals surface area contributed by atoms with Gasteiger partial charge in [-0.05, 0) is 45.9 Å². The number of para-hydroxylation sites is 1. The molecule has 0 aliphatic heterocycles. The van der Waals surface area contributed by atoms with Crippen LogP contribution in [0, 0.1) is 0 Å². The molecule has 1 aromatic heterocycles.